The third-order valence-electron chi connectivity index (χ3n) is 1.86. The average molecular weight is 161 g/mol. The molecule has 2 nitrogen and oxygen atoms in total. The zero-order valence-electron chi connectivity index (χ0n) is 7.24. The number of aromatic nitrogens is 1. The first kappa shape index (κ1) is 7.22. The number of nitrogens with zero attached hydrogens (tertiary/aromatic N) is 1. The van der Waals surface area contributed by atoms with Gasteiger partial charge in [0, 0.05) is 25.0 Å². The van der Waals surface area contributed by atoms with Gasteiger partial charge in [0.1, 0.15) is 11.5 Å². The Bertz CT molecular complexity index is 346. The van der Waals surface area contributed by atoms with Crippen LogP contribution in [0.15, 0.2) is 35.0 Å². The fourth-order valence-corrected chi connectivity index (χ4v) is 1.24. The van der Waals surface area contributed by atoms with E-state index < -0.39 is 0 Å². The normalized spacial score (nSPS) is 10.5. The second-order valence-electron chi connectivity index (χ2n) is 2.98. The van der Waals surface area contributed by atoms with Gasteiger partial charge in [0.05, 0.1) is 0 Å². The molecule has 0 aliphatic heterocycles. The number of hydrogen-bond donors (Lipinski definition) is 0. The summed E-state index contributed by atoms with van der Waals surface area (Å²) in [4.78, 5) is 0. The molecule has 62 valence electrons. The minimum absolute atomic E-state index is 0.938. The monoisotopic (exact) mass is 161 g/mol. The second kappa shape index (κ2) is 2.55. The average Bonchev–Trinajstić information content (AvgIpc) is 2.58. The molecule has 2 aromatic rings. The molecule has 2 heteroatoms. The summed E-state index contributed by atoms with van der Waals surface area (Å²) in [5.74, 6) is 1.89. The molecule has 0 amide bonds. The smallest absolute Gasteiger partial charge is 0.135 e. The van der Waals surface area contributed by atoms with Crippen molar-refractivity contribution in [3.63, 3.8) is 0 Å². The third-order valence-corrected chi connectivity index (χ3v) is 1.86. The summed E-state index contributed by atoms with van der Waals surface area (Å²) < 4.78 is 7.48. The molecule has 0 aliphatic rings. The molecule has 0 N–H and O–H groups in total. The van der Waals surface area contributed by atoms with Crippen LogP contribution in [-0.2, 0) is 7.05 Å². The highest BCUT2D eigenvalue weighted by atomic mass is 16.3. The topological polar surface area (TPSA) is 18.1 Å². The molecule has 0 radical (unpaired) electrons. The van der Waals surface area contributed by atoms with Gasteiger partial charge in [-0.3, -0.25) is 0 Å². The molecule has 0 saturated carbocycles. The number of rotatable bonds is 1. The Labute approximate surface area is 71.4 Å². The summed E-state index contributed by atoms with van der Waals surface area (Å²) in [5, 5.41) is 0. The first-order valence-electron chi connectivity index (χ1n) is 3.94. The van der Waals surface area contributed by atoms with Gasteiger partial charge in [-0.15, -0.1) is 0 Å². The van der Waals surface area contributed by atoms with E-state index in [0.717, 1.165) is 17.1 Å². The summed E-state index contributed by atoms with van der Waals surface area (Å²) in [7, 11) is 2.00. The maximum Gasteiger partial charge on any atom is 0.135 e. The van der Waals surface area contributed by atoms with E-state index in [4.69, 9.17) is 4.42 Å². The highest BCUT2D eigenvalue weighted by molar-refractivity contribution is 5.56. The molecule has 12 heavy (non-hydrogen) atoms. The zero-order valence-corrected chi connectivity index (χ0v) is 7.24. The van der Waals surface area contributed by atoms with Crippen LogP contribution in [0.1, 0.15) is 5.76 Å². The summed E-state index contributed by atoms with van der Waals surface area (Å²) in [5.41, 5.74) is 1.13. The van der Waals surface area contributed by atoms with Gasteiger partial charge in [-0.05, 0) is 25.1 Å². The lowest BCUT2D eigenvalue weighted by atomic mass is 10.3. The maximum absolute atomic E-state index is 5.47. The van der Waals surface area contributed by atoms with E-state index in [9.17, 15) is 0 Å². The standard InChI is InChI=1S/C10H11NO/c1-8-3-4-10(12-8)9-5-6-11(2)7-9/h3-7H,1-2H3. The molecular weight excluding hydrogens is 150 g/mol. The van der Waals surface area contributed by atoms with Crippen molar-refractivity contribution in [2.24, 2.45) is 7.05 Å². The van der Waals surface area contributed by atoms with Gasteiger partial charge in [0.15, 0.2) is 0 Å². The molecule has 0 fully saturated rings. The van der Waals surface area contributed by atoms with Crippen molar-refractivity contribution in [2.45, 2.75) is 6.92 Å². The molecule has 0 spiro atoms. The largest absolute Gasteiger partial charge is 0.461 e. The van der Waals surface area contributed by atoms with Crippen LogP contribution in [-0.4, -0.2) is 4.57 Å². The molecule has 0 aromatic carbocycles. The minimum atomic E-state index is 0.938. The first-order valence-corrected chi connectivity index (χ1v) is 3.94. The Morgan fingerprint density at radius 2 is 2.08 bits per heavy atom. The van der Waals surface area contributed by atoms with Crippen LogP contribution in [0, 0.1) is 6.92 Å². The van der Waals surface area contributed by atoms with Crippen LogP contribution in [0.3, 0.4) is 0 Å². The fourth-order valence-electron chi connectivity index (χ4n) is 1.24. The van der Waals surface area contributed by atoms with Crippen molar-refractivity contribution in [2.75, 3.05) is 0 Å². The number of aryl methyl sites for hydroxylation is 2. The van der Waals surface area contributed by atoms with Crippen LogP contribution in [0.25, 0.3) is 11.3 Å². The molecule has 0 bridgehead atoms. The van der Waals surface area contributed by atoms with Gasteiger partial charge in [0.2, 0.25) is 0 Å². The lowest BCUT2D eigenvalue weighted by molar-refractivity contribution is 0.548. The van der Waals surface area contributed by atoms with Crippen LogP contribution in [0.2, 0.25) is 0 Å². The molecule has 2 rings (SSSR count). The maximum atomic E-state index is 5.47. The number of hydrogen-bond acceptors (Lipinski definition) is 1. The van der Waals surface area contributed by atoms with Gasteiger partial charge in [-0.25, -0.2) is 0 Å². The first-order chi connectivity index (χ1) is 5.75. The van der Waals surface area contributed by atoms with Gasteiger partial charge in [-0.2, -0.15) is 0 Å². The summed E-state index contributed by atoms with van der Waals surface area (Å²) in [6.45, 7) is 1.95. The van der Waals surface area contributed by atoms with E-state index in [1.807, 2.05) is 49.1 Å². The Hall–Kier alpha value is -1.44. The molecule has 0 saturated heterocycles. The van der Waals surface area contributed by atoms with Crippen molar-refractivity contribution in [3.8, 4) is 11.3 Å². The second-order valence-corrected chi connectivity index (χ2v) is 2.98. The van der Waals surface area contributed by atoms with E-state index in [0.29, 0.717) is 0 Å². The lowest BCUT2D eigenvalue weighted by Gasteiger charge is -1.89. The van der Waals surface area contributed by atoms with Gasteiger partial charge in [-0.1, -0.05) is 0 Å². The van der Waals surface area contributed by atoms with Crippen molar-refractivity contribution in [1.82, 2.24) is 4.57 Å². The molecular formula is C10H11NO. The van der Waals surface area contributed by atoms with Gasteiger partial charge < -0.3 is 8.98 Å². The Balaban J connectivity index is 2.43. The molecule has 0 aliphatic carbocycles. The summed E-state index contributed by atoms with van der Waals surface area (Å²) in [6.07, 6.45) is 4.05. The third kappa shape index (κ3) is 1.16. The Kier molecular flexibility index (Phi) is 1.54. The van der Waals surface area contributed by atoms with Crippen LogP contribution in [0.5, 0.6) is 0 Å². The van der Waals surface area contributed by atoms with E-state index in [-0.39, 0.29) is 0 Å². The van der Waals surface area contributed by atoms with Crippen molar-refractivity contribution in [1.29, 1.82) is 0 Å². The van der Waals surface area contributed by atoms with E-state index in [2.05, 4.69) is 0 Å². The fraction of sp³-hybridized carbons (Fsp3) is 0.200. The molecule has 2 heterocycles. The quantitative estimate of drug-likeness (QED) is 0.628. The van der Waals surface area contributed by atoms with Crippen LogP contribution in [0.4, 0.5) is 0 Å². The molecule has 0 atom stereocenters. The van der Waals surface area contributed by atoms with Crippen molar-refractivity contribution < 1.29 is 4.42 Å². The lowest BCUT2D eigenvalue weighted by Crippen LogP contribution is -1.77. The van der Waals surface area contributed by atoms with Gasteiger partial charge in [0.25, 0.3) is 0 Å². The van der Waals surface area contributed by atoms with Crippen molar-refractivity contribution in [3.05, 3.63) is 36.4 Å². The highest BCUT2D eigenvalue weighted by Gasteiger charge is 2.02. The zero-order chi connectivity index (χ0) is 8.55. The van der Waals surface area contributed by atoms with Crippen LogP contribution < -0.4 is 0 Å². The summed E-state index contributed by atoms with van der Waals surface area (Å²) >= 11 is 0. The minimum Gasteiger partial charge on any atom is -0.461 e. The number of furan rings is 1. The van der Waals surface area contributed by atoms with Crippen LogP contribution >= 0.6 is 0 Å². The van der Waals surface area contributed by atoms with E-state index in [1.165, 1.54) is 0 Å². The summed E-state index contributed by atoms with van der Waals surface area (Å²) in [6, 6.07) is 6.01. The van der Waals surface area contributed by atoms with E-state index >= 15 is 0 Å². The predicted molar refractivity (Wildman–Crippen MR) is 47.9 cm³/mol. The van der Waals surface area contributed by atoms with E-state index in [1.54, 1.807) is 0 Å². The molecule has 0 unspecified atom stereocenters. The van der Waals surface area contributed by atoms with Crippen molar-refractivity contribution >= 4 is 0 Å². The molecule has 2 aromatic heterocycles. The predicted octanol–water partition coefficient (Wildman–Crippen LogP) is 2.59. The SMILES string of the molecule is Cc1ccc(-c2ccn(C)c2)o1. The van der Waals surface area contributed by atoms with Gasteiger partial charge >= 0.3 is 0 Å². The Morgan fingerprint density at radius 1 is 1.25 bits per heavy atom. The highest BCUT2D eigenvalue weighted by Crippen LogP contribution is 2.21. The Morgan fingerprint density at radius 3 is 2.58 bits per heavy atom.